The lowest BCUT2D eigenvalue weighted by Crippen LogP contribution is -2.46. The van der Waals surface area contributed by atoms with E-state index < -0.39 is 24.0 Å². The van der Waals surface area contributed by atoms with E-state index in [1.54, 1.807) is 6.92 Å². The number of carboxylic acids is 1. The van der Waals surface area contributed by atoms with Crippen molar-refractivity contribution < 1.29 is 24.3 Å². The van der Waals surface area contributed by atoms with Gasteiger partial charge in [0.2, 0.25) is 0 Å². The third-order valence-electron chi connectivity index (χ3n) is 1.93. The van der Waals surface area contributed by atoms with Crippen LogP contribution in [-0.2, 0) is 14.4 Å². The number of hydroxylamine groups is 2. The van der Waals surface area contributed by atoms with Crippen LogP contribution < -0.4 is 5.32 Å². The smallest absolute Gasteiger partial charge is 0.358 e. The van der Waals surface area contributed by atoms with E-state index in [4.69, 9.17) is 9.94 Å². The van der Waals surface area contributed by atoms with Crippen molar-refractivity contribution in [3.05, 3.63) is 12.2 Å². The van der Waals surface area contributed by atoms with Gasteiger partial charge < -0.3 is 15.3 Å². The number of aliphatic carboxylic acids is 1. The number of hydrogen-bond donors (Lipinski definition) is 2. The summed E-state index contributed by atoms with van der Waals surface area (Å²) in [5, 5.41) is 11.8. The molecule has 0 aromatic heterocycles. The topological polar surface area (TPSA) is 95.9 Å². The number of hydrogen-bond acceptors (Lipinski definition) is 4. The van der Waals surface area contributed by atoms with Crippen LogP contribution in [-0.4, -0.2) is 40.7 Å². The van der Waals surface area contributed by atoms with Crippen LogP contribution in [0.2, 0.25) is 0 Å². The fourth-order valence-electron chi connectivity index (χ4n) is 1.06. The van der Waals surface area contributed by atoms with Crippen LogP contribution in [0.25, 0.3) is 0 Å². The lowest BCUT2D eigenvalue weighted by molar-refractivity contribution is -0.180. The Bertz CT molecular complexity index is 353. The standard InChI is InChI=1S/C11H18N2O5/c1-5-12-11(17)13(8(4)6-9(14)15)18-10(16)7(2)3/h8H,2,5-6H2,1,3-4H3,(H,12,17)(H,14,15). The molecule has 18 heavy (non-hydrogen) atoms. The van der Waals surface area contributed by atoms with E-state index >= 15 is 0 Å². The molecular formula is C11H18N2O5. The Morgan fingerprint density at radius 1 is 1.44 bits per heavy atom. The van der Waals surface area contributed by atoms with Crippen LogP contribution >= 0.6 is 0 Å². The summed E-state index contributed by atoms with van der Waals surface area (Å²) in [6.07, 6.45) is -0.333. The number of urea groups is 1. The number of carboxylic acid groups (broad SMARTS) is 1. The van der Waals surface area contributed by atoms with E-state index in [1.807, 2.05) is 0 Å². The van der Waals surface area contributed by atoms with Crippen molar-refractivity contribution in [2.24, 2.45) is 0 Å². The number of rotatable bonds is 5. The Morgan fingerprint density at radius 3 is 2.39 bits per heavy atom. The Balaban J connectivity index is 4.81. The van der Waals surface area contributed by atoms with E-state index in [0.29, 0.717) is 11.6 Å². The van der Waals surface area contributed by atoms with E-state index in [1.165, 1.54) is 13.8 Å². The molecule has 1 atom stereocenters. The van der Waals surface area contributed by atoms with Crippen LogP contribution in [0.3, 0.4) is 0 Å². The van der Waals surface area contributed by atoms with E-state index in [2.05, 4.69) is 11.9 Å². The lowest BCUT2D eigenvalue weighted by atomic mass is 10.2. The largest absolute Gasteiger partial charge is 0.481 e. The van der Waals surface area contributed by atoms with Crippen molar-refractivity contribution in [3.8, 4) is 0 Å². The molecule has 2 amide bonds. The van der Waals surface area contributed by atoms with Crippen LogP contribution in [0.4, 0.5) is 4.79 Å². The van der Waals surface area contributed by atoms with Crippen LogP contribution in [0, 0.1) is 0 Å². The average Bonchev–Trinajstić information content (AvgIpc) is 2.24. The second kappa shape index (κ2) is 7.31. The summed E-state index contributed by atoms with van der Waals surface area (Å²) in [5.74, 6) is -1.87. The number of nitrogens with one attached hydrogen (secondary N) is 1. The van der Waals surface area contributed by atoms with Crippen molar-refractivity contribution in [1.29, 1.82) is 0 Å². The SMILES string of the molecule is C=C(C)C(=O)ON(C(=O)NCC)C(C)CC(=O)O. The summed E-state index contributed by atoms with van der Waals surface area (Å²) >= 11 is 0. The highest BCUT2D eigenvalue weighted by Crippen LogP contribution is 2.08. The second-order valence-corrected chi connectivity index (χ2v) is 3.77. The van der Waals surface area contributed by atoms with Crippen molar-refractivity contribution >= 4 is 18.0 Å². The number of amides is 2. The van der Waals surface area contributed by atoms with Gasteiger partial charge >= 0.3 is 18.0 Å². The van der Waals surface area contributed by atoms with Gasteiger partial charge in [0.25, 0.3) is 0 Å². The zero-order chi connectivity index (χ0) is 14.3. The van der Waals surface area contributed by atoms with Crippen LogP contribution in [0.5, 0.6) is 0 Å². The quantitative estimate of drug-likeness (QED) is 0.564. The molecule has 0 aliphatic heterocycles. The number of carbonyl (C=O) groups excluding carboxylic acids is 2. The van der Waals surface area contributed by atoms with E-state index in [0.717, 1.165) is 0 Å². The summed E-state index contributed by atoms with van der Waals surface area (Å²) in [6.45, 7) is 8.31. The van der Waals surface area contributed by atoms with Crippen molar-refractivity contribution in [1.82, 2.24) is 10.4 Å². The fraction of sp³-hybridized carbons (Fsp3) is 0.545. The summed E-state index contributed by atoms with van der Waals surface area (Å²) in [5.41, 5.74) is 0.117. The first-order valence-corrected chi connectivity index (χ1v) is 5.46. The molecule has 0 saturated carbocycles. The molecule has 2 N–H and O–H groups in total. The van der Waals surface area contributed by atoms with Crippen LogP contribution in [0.1, 0.15) is 27.2 Å². The maximum absolute atomic E-state index is 11.6. The average molecular weight is 258 g/mol. The Labute approximate surface area is 105 Å². The predicted octanol–water partition coefficient (Wildman–Crippen LogP) is 0.915. The van der Waals surface area contributed by atoms with Gasteiger partial charge in [0, 0.05) is 12.1 Å². The molecule has 0 aliphatic rings. The van der Waals surface area contributed by atoms with Gasteiger partial charge in [0.05, 0.1) is 12.5 Å². The molecule has 0 heterocycles. The van der Waals surface area contributed by atoms with Gasteiger partial charge in [-0.05, 0) is 20.8 Å². The molecule has 0 aliphatic carbocycles. The molecule has 0 radical (unpaired) electrons. The summed E-state index contributed by atoms with van der Waals surface area (Å²) in [6, 6.07) is -1.45. The Morgan fingerprint density at radius 2 is 2.00 bits per heavy atom. The number of carbonyl (C=O) groups is 3. The number of nitrogens with zero attached hydrogens (tertiary/aromatic N) is 1. The van der Waals surface area contributed by atoms with Gasteiger partial charge in [-0.1, -0.05) is 6.58 Å². The maximum atomic E-state index is 11.6. The van der Waals surface area contributed by atoms with Gasteiger partial charge in [-0.2, -0.15) is 0 Å². The van der Waals surface area contributed by atoms with Gasteiger partial charge in [-0.15, -0.1) is 5.06 Å². The molecule has 0 rings (SSSR count). The molecule has 0 fully saturated rings. The molecule has 0 saturated heterocycles. The van der Waals surface area contributed by atoms with Gasteiger partial charge in [0.1, 0.15) is 0 Å². The highest BCUT2D eigenvalue weighted by Gasteiger charge is 2.26. The lowest BCUT2D eigenvalue weighted by Gasteiger charge is -2.26. The molecule has 0 spiro atoms. The predicted molar refractivity (Wildman–Crippen MR) is 63.5 cm³/mol. The van der Waals surface area contributed by atoms with E-state index in [9.17, 15) is 14.4 Å². The first kappa shape index (κ1) is 16.0. The molecular weight excluding hydrogens is 240 g/mol. The molecule has 0 aromatic carbocycles. The molecule has 7 nitrogen and oxygen atoms in total. The summed E-state index contributed by atoms with van der Waals surface area (Å²) in [7, 11) is 0. The zero-order valence-electron chi connectivity index (χ0n) is 10.7. The highest BCUT2D eigenvalue weighted by molar-refractivity contribution is 5.88. The molecule has 102 valence electrons. The summed E-state index contributed by atoms with van der Waals surface area (Å²) in [4.78, 5) is 38.4. The van der Waals surface area contributed by atoms with Crippen molar-refractivity contribution in [2.75, 3.05) is 6.54 Å². The monoisotopic (exact) mass is 258 g/mol. The minimum absolute atomic E-state index is 0.117. The fourth-order valence-corrected chi connectivity index (χ4v) is 1.06. The van der Waals surface area contributed by atoms with Gasteiger partial charge in [-0.3, -0.25) is 4.79 Å². The second-order valence-electron chi connectivity index (χ2n) is 3.77. The highest BCUT2D eigenvalue weighted by atomic mass is 16.7. The molecule has 7 heteroatoms. The Kier molecular flexibility index (Phi) is 6.48. The maximum Gasteiger partial charge on any atom is 0.358 e. The van der Waals surface area contributed by atoms with Gasteiger partial charge in [-0.25, -0.2) is 9.59 Å². The molecule has 0 aromatic rings. The normalized spacial score (nSPS) is 11.3. The first-order valence-electron chi connectivity index (χ1n) is 5.46. The third-order valence-corrected chi connectivity index (χ3v) is 1.93. The van der Waals surface area contributed by atoms with Crippen LogP contribution in [0.15, 0.2) is 12.2 Å². The molecule has 0 bridgehead atoms. The first-order chi connectivity index (χ1) is 8.29. The zero-order valence-corrected chi connectivity index (χ0v) is 10.7. The van der Waals surface area contributed by atoms with Crippen molar-refractivity contribution in [3.63, 3.8) is 0 Å². The van der Waals surface area contributed by atoms with Gasteiger partial charge in [0.15, 0.2) is 0 Å². The minimum Gasteiger partial charge on any atom is -0.481 e. The minimum atomic E-state index is -1.09. The third kappa shape index (κ3) is 5.33. The van der Waals surface area contributed by atoms with E-state index in [-0.39, 0.29) is 12.0 Å². The Hall–Kier alpha value is -2.05. The van der Waals surface area contributed by atoms with Crippen molar-refractivity contribution in [2.45, 2.75) is 33.2 Å². The molecule has 1 unspecified atom stereocenters. The summed E-state index contributed by atoms with van der Waals surface area (Å²) < 4.78 is 0.